The molecule has 0 aromatic carbocycles. The van der Waals surface area contributed by atoms with E-state index in [4.69, 9.17) is 5.73 Å². The zero-order chi connectivity index (χ0) is 15.0. The van der Waals surface area contributed by atoms with Crippen LogP contribution < -0.4 is 5.73 Å². The molecule has 1 aliphatic rings. The van der Waals surface area contributed by atoms with Crippen molar-refractivity contribution in [3.8, 4) is 0 Å². The van der Waals surface area contributed by atoms with E-state index >= 15 is 0 Å². The van der Waals surface area contributed by atoms with Crippen molar-refractivity contribution in [2.75, 3.05) is 57.3 Å². The molecule has 120 valence electrons. The lowest BCUT2D eigenvalue weighted by molar-refractivity contribution is 0.235. The fraction of sp³-hybridized carbons (Fsp3) is 1.00. The third kappa shape index (κ3) is 7.02. The van der Waals surface area contributed by atoms with E-state index in [1.165, 1.54) is 0 Å². The molecule has 1 rings (SSSR count). The van der Waals surface area contributed by atoms with Gasteiger partial charge in [-0.2, -0.15) is 0 Å². The highest BCUT2D eigenvalue weighted by Crippen LogP contribution is 2.07. The van der Waals surface area contributed by atoms with Gasteiger partial charge in [0.05, 0.1) is 5.75 Å². The van der Waals surface area contributed by atoms with Crippen molar-refractivity contribution in [3.63, 3.8) is 0 Å². The van der Waals surface area contributed by atoms with Gasteiger partial charge in [-0.05, 0) is 44.9 Å². The van der Waals surface area contributed by atoms with Crippen LogP contribution in [0.5, 0.6) is 0 Å². The molecule has 5 nitrogen and oxygen atoms in total. The Hall–Kier alpha value is -0.170. The second-order valence-electron chi connectivity index (χ2n) is 5.93. The van der Waals surface area contributed by atoms with Crippen molar-refractivity contribution < 1.29 is 8.42 Å². The maximum atomic E-state index is 11.5. The smallest absolute Gasteiger partial charge is 0.150 e. The fourth-order valence-electron chi connectivity index (χ4n) is 2.60. The van der Waals surface area contributed by atoms with Crippen LogP contribution in [0.1, 0.15) is 26.7 Å². The number of hydrogen-bond donors (Lipinski definition) is 1. The second kappa shape index (κ2) is 8.97. The summed E-state index contributed by atoms with van der Waals surface area (Å²) in [6.07, 6.45) is 1.92. The zero-order valence-corrected chi connectivity index (χ0v) is 13.9. The van der Waals surface area contributed by atoms with Crippen molar-refractivity contribution in [2.24, 2.45) is 11.7 Å². The molecular formula is C14H31N3O2S. The lowest BCUT2D eigenvalue weighted by Crippen LogP contribution is -2.35. The highest BCUT2D eigenvalue weighted by molar-refractivity contribution is 7.91. The number of nitrogens with two attached hydrogens (primary N) is 1. The van der Waals surface area contributed by atoms with E-state index in [1.807, 2.05) is 0 Å². The average molecular weight is 305 g/mol. The topological polar surface area (TPSA) is 66.6 Å². The Labute approximate surface area is 124 Å². The van der Waals surface area contributed by atoms with Gasteiger partial charge in [0.2, 0.25) is 0 Å². The Morgan fingerprint density at radius 3 is 2.45 bits per heavy atom. The first kappa shape index (κ1) is 17.9. The van der Waals surface area contributed by atoms with Gasteiger partial charge < -0.3 is 15.5 Å². The summed E-state index contributed by atoms with van der Waals surface area (Å²) >= 11 is 0. The molecule has 0 saturated carbocycles. The van der Waals surface area contributed by atoms with E-state index < -0.39 is 9.84 Å². The van der Waals surface area contributed by atoms with Crippen LogP contribution >= 0.6 is 0 Å². The predicted octanol–water partition coefficient (Wildman–Crippen LogP) is 0.414. The van der Waals surface area contributed by atoms with Gasteiger partial charge in [-0.15, -0.1) is 0 Å². The largest absolute Gasteiger partial charge is 0.330 e. The lowest BCUT2D eigenvalue weighted by Gasteiger charge is -2.24. The Morgan fingerprint density at radius 1 is 1.15 bits per heavy atom. The van der Waals surface area contributed by atoms with Gasteiger partial charge in [0.25, 0.3) is 0 Å². The predicted molar refractivity (Wildman–Crippen MR) is 84.7 cm³/mol. The molecule has 0 bridgehead atoms. The summed E-state index contributed by atoms with van der Waals surface area (Å²) in [6, 6.07) is 0. The van der Waals surface area contributed by atoms with Crippen molar-refractivity contribution >= 4 is 9.84 Å². The molecule has 0 aliphatic carbocycles. The molecule has 1 heterocycles. The number of rotatable bonds is 8. The Balaban J connectivity index is 2.26. The summed E-state index contributed by atoms with van der Waals surface area (Å²) in [7, 11) is -2.81. The minimum absolute atomic E-state index is 0.262. The van der Waals surface area contributed by atoms with Gasteiger partial charge in [0.1, 0.15) is 9.84 Å². The van der Waals surface area contributed by atoms with E-state index in [0.717, 1.165) is 58.7 Å². The standard InChI is InChI=1S/C14H31N3O2S/c1-3-20(18,19)11-5-8-16-6-4-7-17(10-9-16)13-14(2)12-15/h14H,3-13,15H2,1-2H3. The normalized spacial score (nSPS) is 20.8. The summed E-state index contributed by atoms with van der Waals surface area (Å²) < 4.78 is 23.0. The molecule has 0 radical (unpaired) electrons. The molecule has 0 spiro atoms. The molecular weight excluding hydrogens is 274 g/mol. The maximum Gasteiger partial charge on any atom is 0.150 e. The van der Waals surface area contributed by atoms with Gasteiger partial charge in [0.15, 0.2) is 0 Å². The summed E-state index contributed by atoms with van der Waals surface area (Å²) in [5.41, 5.74) is 5.68. The van der Waals surface area contributed by atoms with Crippen LogP contribution in [0.2, 0.25) is 0 Å². The quantitative estimate of drug-likeness (QED) is 0.704. The van der Waals surface area contributed by atoms with Crippen molar-refractivity contribution in [1.29, 1.82) is 0 Å². The van der Waals surface area contributed by atoms with E-state index in [1.54, 1.807) is 6.92 Å². The van der Waals surface area contributed by atoms with Crippen LogP contribution in [-0.4, -0.2) is 75.5 Å². The number of sulfone groups is 1. The Bertz CT molecular complexity index is 359. The molecule has 0 amide bonds. The van der Waals surface area contributed by atoms with Crippen LogP contribution in [-0.2, 0) is 9.84 Å². The summed E-state index contributed by atoms with van der Waals surface area (Å²) in [4.78, 5) is 4.89. The summed E-state index contributed by atoms with van der Waals surface area (Å²) in [5.74, 6) is 1.14. The summed E-state index contributed by atoms with van der Waals surface area (Å²) in [5, 5.41) is 0. The fourth-order valence-corrected chi connectivity index (χ4v) is 3.46. The second-order valence-corrected chi connectivity index (χ2v) is 8.40. The van der Waals surface area contributed by atoms with Gasteiger partial charge in [-0.3, -0.25) is 0 Å². The number of nitrogens with zero attached hydrogens (tertiary/aromatic N) is 2. The van der Waals surface area contributed by atoms with E-state index in [0.29, 0.717) is 11.7 Å². The van der Waals surface area contributed by atoms with Gasteiger partial charge >= 0.3 is 0 Å². The van der Waals surface area contributed by atoms with Gasteiger partial charge in [-0.1, -0.05) is 13.8 Å². The maximum absolute atomic E-state index is 11.5. The average Bonchev–Trinajstić information content (AvgIpc) is 2.64. The van der Waals surface area contributed by atoms with Crippen LogP contribution in [0.15, 0.2) is 0 Å². The van der Waals surface area contributed by atoms with Crippen LogP contribution in [0.25, 0.3) is 0 Å². The Morgan fingerprint density at radius 2 is 1.80 bits per heavy atom. The molecule has 1 saturated heterocycles. The van der Waals surface area contributed by atoms with E-state index in [-0.39, 0.29) is 5.75 Å². The first-order valence-corrected chi connectivity index (χ1v) is 9.64. The van der Waals surface area contributed by atoms with Gasteiger partial charge in [-0.25, -0.2) is 8.42 Å². The van der Waals surface area contributed by atoms with Crippen molar-refractivity contribution in [2.45, 2.75) is 26.7 Å². The minimum Gasteiger partial charge on any atom is -0.330 e. The first-order valence-electron chi connectivity index (χ1n) is 7.82. The third-order valence-electron chi connectivity index (χ3n) is 4.02. The summed E-state index contributed by atoms with van der Waals surface area (Å²) in [6.45, 7) is 11.0. The number of hydrogen-bond acceptors (Lipinski definition) is 5. The molecule has 2 N–H and O–H groups in total. The monoisotopic (exact) mass is 305 g/mol. The highest BCUT2D eigenvalue weighted by atomic mass is 32.2. The lowest BCUT2D eigenvalue weighted by atomic mass is 10.1. The van der Waals surface area contributed by atoms with Crippen molar-refractivity contribution in [1.82, 2.24) is 9.80 Å². The molecule has 1 aliphatic heterocycles. The van der Waals surface area contributed by atoms with E-state index in [2.05, 4.69) is 16.7 Å². The Kier molecular flexibility index (Phi) is 8.02. The third-order valence-corrected chi connectivity index (χ3v) is 5.81. The molecule has 0 aromatic heterocycles. The molecule has 1 unspecified atom stereocenters. The molecule has 1 atom stereocenters. The SMILES string of the molecule is CCS(=O)(=O)CCCN1CCCN(CC(C)CN)CC1. The van der Waals surface area contributed by atoms with E-state index in [9.17, 15) is 8.42 Å². The molecule has 0 aromatic rings. The molecule has 6 heteroatoms. The van der Waals surface area contributed by atoms with Gasteiger partial charge in [0, 0.05) is 25.4 Å². The van der Waals surface area contributed by atoms with Crippen LogP contribution in [0, 0.1) is 5.92 Å². The van der Waals surface area contributed by atoms with Crippen LogP contribution in [0.3, 0.4) is 0 Å². The van der Waals surface area contributed by atoms with Crippen LogP contribution in [0.4, 0.5) is 0 Å². The first-order chi connectivity index (χ1) is 9.46. The molecule has 1 fully saturated rings. The zero-order valence-electron chi connectivity index (χ0n) is 13.1. The van der Waals surface area contributed by atoms with Crippen molar-refractivity contribution in [3.05, 3.63) is 0 Å². The molecule has 20 heavy (non-hydrogen) atoms. The minimum atomic E-state index is -2.81. The highest BCUT2D eigenvalue weighted by Gasteiger charge is 2.16.